The summed E-state index contributed by atoms with van der Waals surface area (Å²) in [5.41, 5.74) is -0.712. The molecule has 1 N–H and O–H groups in total. The molecule has 3 atom stereocenters. The van der Waals surface area contributed by atoms with Crippen LogP contribution in [0.4, 0.5) is 0 Å². The van der Waals surface area contributed by atoms with Gasteiger partial charge in [0.2, 0.25) is 0 Å². The lowest BCUT2D eigenvalue weighted by atomic mass is 9.77. The van der Waals surface area contributed by atoms with Crippen LogP contribution < -0.4 is 0 Å². The van der Waals surface area contributed by atoms with E-state index in [4.69, 9.17) is 0 Å². The summed E-state index contributed by atoms with van der Waals surface area (Å²) in [5, 5.41) is 10.4. The van der Waals surface area contributed by atoms with E-state index in [1.54, 1.807) is 64.1 Å². The molecule has 0 bridgehead atoms. The first kappa shape index (κ1) is 20.6. The Kier molecular flexibility index (Phi) is 6.93. The highest BCUT2D eigenvalue weighted by Gasteiger charge is 2.34. The Labute approximate surface area is 145 Å². The summed E-state index contributed by atoms with van der Waals surface area (Å²) in [6.07, 6.45) is 0.982. The molecular weight excluding hydrogens is 324 g/mol. The first-order valence-corrected chi connectivity index (χ1v) is 9.82. The molecule has 0 spiro atoms. The summed E-state index contributed by atoms with van der Waals surface area (Å²) in [6, 6.07) is 8.26. The van der Waals surface area contributed by atoms with Gasteiger partial charge in [-0.05, 0) is 38.3 Å². The molecule has 1 aromatic carbocycles. The minimum Gasteiger partial charge on any atom is -0.392 e. The molecule has 0 heterocycles. The zero-order valence-electron chi connectivity index (χ0n) is 14.9. The van der Waals surface area contributed by atoms with Gasteiger partial charge in [0.1, 0.15) is 5.78 Å². The number of allylic oxidation sites excluding steroid dienone is 1. The number of rotatable bonds is 9. The van der Waals surface area contributed by atoms with Crippen molar-refractivity contribution in [3.05, 3.63) is 43.0 Å². The summed E-state index contributed by atoms with van der Waals surface area (Å²) < 4.78 is 24.6. The van der Waals surface area contributed by atoms with Crippen LogP contribution in [0.1, 0.15) is 34.1 Å². The van der Waals surface area contributed by atoms with Gasteiger partial charge in [-0.25, -0.2) is 8.42 Å². The number of sulfone groups is 1. The van der Waals surface area contributed by atoms with Crippen LogP contribution in [0.15, 0.2) is 47.9 Å². The molecule has 0 unspecified atom stereocenters. The Balaban J connectivity index is 2.72. The largest absolute Gasteiger partial charge is 0.392 e. The van der Waals surface area contributed by atoms with Gasteiger partial charge in [0.25, 0.3) is 0 Å². The molecule has 24 heavy (non-hydrogen) atoms. The van der Waals surface area contributed by atoms with Crippen LogP contribution >= 0.6 is 0 Å². The summed E-state index contributed by atoms with van der Waals surface area (Å²) in [4.78, 5) is 12.7. The van der Waals surface area contributed by atoms with E-state index >= 15 is 0 Å². The molecule has 1 aromatic rings. The average Bonchev–Trinajstić information content (AvgIpc) is 2.58. The van der Waals surface area contributed by atoms with Crippen molar-refractivity contribution in [3.63, 3.8) is 0 Å². The maximum atomic E-state index is 12.4. The molecule has 0 aliphatic rings. The molecule has 0 saturated heterocycles. The Hall–Kier alpha value is -1.46. The first-order valence-electron chi connectivity index (χ1n) is 8.16. The van der Waals surface area contributed by atoms with E-state index in [9.17, 15) is 18.3 Å². The van der Waals surface area contributed by atoms with Gasteiger partial charge in [0, 0.05) is 11.3 Å². The fraction of sp³-hybridized carbons (Fsp3) is 0.526. The van der Waals surface area contributed by atoms with Crippen molar-refractivity contribution in [2.75, 3.05) is 5.75 Å². The second kappa shape index (κ2) is 8.08. The van der Waals surface area contributed by atoms with Crippen molar-refractivity contribution in [1.82, 2.24) is 0 Å². The van der Waals surface area contributed by atoms with Crippen LogP contribution in [0.3, 0.4) is 0 Å². The van der Waals surface area contributed by atoms with E-state index in [2.05, 4.69) is 6.58 Å². The van der Waals surface area contributed by atoms with E-state index in [0.29, 0.717) is 6.42 Å². The molecule has 0 aliphatic carbocycles. The fourth-order valence-corrected chi connectivity index (χ4v) is 4.08. The minimum atomic E-state index is -3.38. The van der Waals surface area contributed by atoms with Gasteiger partial charge in [-0.2, -0.15) is 0 Å². The van der Waals surface area contributed by atoms with Crippen molar-refractivity contribution in [2.45, 2.75) is 45.1 Å². The van der Waals surface area contributed by atoms with Crippen molar-refractivity contribution in [1.29, 1.82) is 0 Å². The van der Waals surface area contributed by atoms with E-state index < -0.39 is 27.3 Å². The summed E-state index contributed by atoms with van der Waals surface area (Å²) >= 11 is 0. The molecule has 0 amide bonds. The van der Waals surface area contributed by atoms with Crippen LogP contribution in [-0.2, 0) is 14.6 Å². The highest BCUT2D eigenvalue weighted by Crippen LogP contribution is 2.28. The van der Waals surface area contributed by atoms with E-state index in [0.717, 1.165) is 0 Å². The lowest BCUT2D eigenvalue weighted by Gasteiger charge is -2.29. The summed E-state index contributed by atoms with van der Waals surface area (Å²) in [6.45, 7) is 10.6. The zero-order chi connectivity index (χ0) is 18.5. The number of hydrogen-bond donors (Lipinski definition) is 1. The van der Waals surface area contributed by atoms with Gasteiger partial charge >= 0.3 is 0 Å². The smallest absolute Gasteiger partial charge is 0.178 e. The summed E-state index contributed by atoms with van der Waals surface area (Å²) in [7, 11) is -3.38. The van der Waals surface area contributed by atoms with Gasteiger partial charge in [0.15, 0.2) is 9.84 Å². The van der Waals surface area contributed by atoms with Crippen molar-refractivity contribution >= 4 is 15.6 Å². The van der Waals surface area contributed by atoms with Gasteiger partial charge < -0.3 is 5.11 Å². The SMILES string of the molecule is C=CC(C)(C)C(=O)[C@H](C)[C@@H](O)[C@@H](C)CCS(=O)(=O)c1ccccc1. The number of hydrogen-bond acceptors (Lipinski definition) is 4. The molecule has 0 fully saturated rings. The van der Waals surface area contributed by atoms with Crippen LogP contribution in [0.2, 0.25) is 0 Å². The molecule has 1 rings (SSSR count). The standard InChI is InChI=1S/C19H28O4S/c1-6-19(4,5)18(21)15(3)17(20)14(2)12-13-24(22,23)16-10-8-7-9-11-16/h6-11,14-15,17,20H,1,12-13H2,2-5H3/t14-,15+,17-/m0/s1. The van der Waals surface area contributed by atoms with Crippen molar-refractivity contribution < 1.29 is 18.3 Å². The van der Waals surface area contributed by atoms with Crippen molar-refractivity contribution in [2.24, 2.45) is 17.3 Å². The van der Waals surface area contributed by atoms with Gasteiger partial charge in [-0.3, -0.25) is 4.79 Å². The van der Waals surface area contributed by atoms with Crippen molar-refractivity contribution in [3.8, 4) is 0 Å². The zero-order valence-corrected chi connectivity index (χ0v) is 15.7. The number of aliphatic hydroxyl groups is 1. The molecule has 5 heteroatoms. The van der Waals surface area contributed by atoms with Crippen LogP contribution in [-0.4, -0.2) is 31.2 Å². The third-order valence-electron chi connectivity index (χ3n) is 4.60. The van der Waals surface area contributed by atoms with Gasteiger partial charge in [0.05, 0.1) is 16.8 Å². The molecule has 4 nitrogen and oxygen atoms in total. The highest BCUT2D eigenvalue weighted by atomic mass is 32.2. The van der Waals surface area contributed by atoms with E-state index in [-0.39, 0.29) is 22.3 Å². The number of aliphatic hydroxyl groups excluding tert-OH is 1. The van der Waals surface area contributed by atoms with Crippen LogP contribution in [0.25, 0.3) is 0 Å². The normalized spacial score (nSPS) is 16.2. The van der Waals surface area contributed by atoms with E-state index in [1.807, 2.05) is 0 Å². The summed E-state index contributed by atoms with van der Waals surface area (Å²) in [5.74, 6) is -1.03. The number of carbonyl (C=O) groups is 1. The van der Waals surface area contributed by atoms with Gasteiger partial charge in [-0.1, -0.05) is 38.1 Å². The monoisotopic (exact) mass is 352 g/mol. The second-order valence-electron chi connectivity index (χ2n) is 6.97. The third-order valence-corrected chi connectivity index (χ3v) is 6.36. The third kappa shape index (κ3) is 5.02. The second-order valence-corrected chi connectivity index (χ2v) is 9.08. The lowest BCUT2D eigenvalue weighted by molar-refractivity contribution is -0.133. The Morgan fingerprint density at radius 1 is 1.25 bits per heavy atom. The number of benzene rings is 1. The Morgan fingerprint density at radius 3 is 2.29 bits per heavy atom. The predicted molar refractivity (Wildman–Crippen MR) is 96.4 cm³/mol. The Morgan fingerprint density at radius 2 is 1.79 bits per heavy atom. The van der Waals surface area contributed by atoms with Crippen LogP contribution in [0.5, 0.6) is 0 Å². The van der Waals surface area contributed by atoms with E-state index in [1.165, 1.54) is 0 Å². The Bertz CT molecular complexity index is 662. The lowest BCUT2D eigenvalue weighted by Crippen LogP contribution is -2.38. The predicted octanol–water partition coefficient (Wildman–Crippen LogP) is 3.26. The number of carbonyl (C=O) groups excluding carboxylic acids is 1. The minimum absolute atomic E-state index is 0.0546. The average molecular weight is 352 g/mol. The molecule has 0 aromatic heterocycles. The highest BCUT2D eigenvalue weighted by molar-refractivity contribution is 7.91. The molecular formula is C19H28O4S. The molecule has 134 valence electrons. The quantitative estimate of drug-likeness (QED) is 0.693. The number of ketones is 1. The molecule has 0 saturated carbocycles. The maximum absolute atomic E-state index is 12.4. The van der Waals surface area contributed by atoms with Crippen LogP contribution in [0, 0.1) is 17.3 Å². The van der Waals surface area contributed by atoms with Gasteiger partial charge in [-0.15, -0.1) is 6.58 Å². The topological polar surface area (TPSA) is 71.4 Å². The first-order chi connectivity index (χ1) is 11.0. The maximum Gasteiger partial charge on any atom is 0.178 e. The number of Topliss-reactive ketones (excluding diaryl/α,β-unsaturated/α-hetero) is 1. The fourth-order valence-electron chi connectivity index (χ4n) is 2.59. The molecule has 0 radical (unpaired) electrons. The molecule has 0 aliphatic heterocycles.